The van der Waals surface area contributed by atoms with Crippen LogP contribution in [-0.4, -0.2) is 26.3 Å². The zero-order valence-corrected chi connectivity index (χ0v) is 16.9. The summed E-state index contributed by atoms with van der Waals surface area (Å²) in [5.74, 6) is 0.612. The van der Waals surface area contributed by atoms with Gasteiger partial charge in [0.05, 0.1) is 22.8 Å². The van der Waals surface area contributed by atoms with Crippen molar-refractivity contribution in [2.75, 3.05) is 11.6 Å². The Morgan fingerprint density at radius 2 is 2.10 bits per heavy atom. The highest BCUT2D eigenvalue weighted by atomic mass is 35.5. The number of para-hydroxylation sites is 1. The summed E-state index contributed by atoms with van der Waals surface area (Å²) < 4.78 is 2.12. The number of unbranched alkanes of at least 4 members (excludes halogenated alkanes) is 1. The average molecular weight is 410 g/mol. The molecule has 1 atom stereocenters. The minimum Gasteiger partial charge on any atom is -0.382 e. The van der Waals surface area contributed by atoms with E-state index in [0.29, 0.717) is 24.5 Å². The van der Waals surface area contributed by atoms with Crippen molar-refractivity contribution in [1.29, 1.82) is 0 Å². The number of amides is 1. The number of rotatable bonds is 7. The molecule has 7 heteroatoms. The van der Waals surface area contributed by atoms with Crippen LogP contribution in [0.4, 0.5) is 5.82 Å². The Kier molecular flexibility index (Phi) is 5.28. The molecule has 1 unspecified atom stereocenters. The number of aryl methyl sites for hydroxylation is 1. The molecule has 3 aromatic rings. The number of hydrogen-bond acceptors (Lipinski definition) is 4. The van der Waals surface area contributed by atoms with E-state index in [-0.39, 0.29) is 5.91 Å². The van der Waals surface area contributed by atoms with Crippen molar-refractivity contribution in [2.45, 2.75) is 32.2 Å². The van der Waals surface area contributed by atoms with Gasteiger partial charge in [-0.25, -0.2) is 9.97 Å². The van der Waals surface area contributed by atoms with Crippen molar-refractivity contribution >= 4 is 45.3 Å². The number of anilines is 1. The van der Waals surface area contributed by atoms with E-state index in [1.807, 2.05) is 48.8 Å². The summed E-state index contributed by atoms with van der Waals surface area (Å²) in [6.07, 6.45) is 10.8. The minimum absolute atomic E-state index is 0.281. The molecule has 0 radical (unpaired) electrons. The van der Waals surface area contributed by atoms with E-state index in [2.05, 4.69) is 14.5 Å². The Balaban J connectivity index is 1.49. The third-order valence-electron chi connectivity index (χ3n) is 5.74. The molecule has 0 saturated heterocycles. The SMILES string of the molecule is NC(=O)C1(CCCCn2cnc3c(N)nc4ccccc4c32)C=CC(CCl)=CC1. The number of allylic oxidation sites excluding steroid dienone is 3. The first-order valence-electron chi connectivity index (χ1n) is 9.77. The molecule has 4 N–H and O–H groups in total. The summed E-state index contributed by atoms with van der Waals surface area (Å²) in [6, 6.07) is 7.94. The molecule has 0 fully saturated rings. The normalized spacial score (nSPS) is 19.0. The van der Waals surface area contributed by atoms with Gasteiger partial charge in [0.25, 0.3) is 0 Å². The molecule has 0 spiro atoms. The van der Waals surface area contributed by atoms with E-state index in [1.165, 1.54) is 0 Å². The summed E-state index contributed by atoms with van der Waals surface area (Å²) >= 11 is 5.88. The first-order chi connectivity index (χ1) is 14.0. The van der Waals surface area contributed by atoms with Crippen LogP contribution in [0.1, 0.15) is 25.7 Å². The number of pyridine rings is 1. The molecule has 0 aliphatic heterocycles. The Hall–Kier alpha value is -2.86. The van der Waals surface area contributed by atoms with E-state index in [4.69, 9.17) is 23.1 Å². The summed E-state index contributed by atoms with van der Waals surface area (Å²) in [4.78, 5) is 21.0. The van der Waals surface area contributed by atoms with Gasteiger partial charge in [-0.3, -0.25) is 4.79 Å². The highest BCUT2D eigenvalue weighted by Gasteiger charge is 2.33. The van der Waals surface area contributed by atoms with Gasteiger partial charge in [-0.2, -0.15) is 0 Å². The van der Waals surface area contributed by atoms with Gasteiger partial charge >= 0.3 is 0 Å². The van der Waals surface area contributed by atoms with Crippen LogP contribution < -0.4 is 11.5 Å². The number of nitrogens with two attached hydrogens (primary N) is 2. The maximum absolute atomic E-state index is 12.1. The van der Waals surface area contributed by atoms with Crippen molar-refractivity contribution < 1.29 is 4.79 Å². The number of fused-ring (bicyclic) bond motifs is 3. The first kappa shape index (κ1) is 19.5. The zero-order valence-electron chi connectivity index (χ0n) is 16.1. The van der Waals surface area contributed by atoms with Gasteiger partial charge in [-0.05, 0) is 30.9 Å². The van der Waals surface area contributed by atoms with Gasteiger partial charge < -0.3 is 16.0 Å². The van der Waals surface area contributed by atoms with Crippen LogP contribution >= 0.6 is 11.6 Å². The number of carbonyl (C=O) groups excluding carboxylic acids is 1. The van der Waals surface area contributed by atoms with Gasteiger partial charge in [-0.15, -0.1) is 11.6 Å². The third kappa shape index (κ3) is 3.60. The number of benzene rings is 1. The molecule has 150 valence electrons. The van der Waals surface area contributed by atoms with E-state index >= 15 is 0 Å². The number of halogens is 1. The lowest BCUT2D eigenvalue weighted by atomic mass is 9.75. The Morgan fingerprint density at radius 3 is 2.83 bits per heavy atom. The van der Waals surface area contributed by atoms with Crippen LogP contribution in [0.2, 0.25) is 0 Å². The third-order valence-corrected chi connectivity index (χ3v) is 6.05. The van der Waals surface area contributed by atoms with Crippen LogP contribution in [-0.2, 0) is 11.3 Å². The standard InChI is InChI=1S/C22H24ClN5O/c23-13-15-7-10-22(11-8-15,21(25)29)9-3-4-12-28-14-26-18-19(28)16-5-1-2-6-17(16)27-20(18)24/h1-2,5-8,10,14H,3-4,9,11-13H2,(H2,24,27)(H2,25,29). The van der Waals surface area contributed by atoms with Gasteiger partial charge in [0.1, 0.15) is 5.52 Å². The molecule has 2 heterocycles. The van der Waals surface area contributed by atoms with Crippen molar-refractivity contribution in [2.24, 2.45) is 11.1 Å². The lowest BCUT2D eigenvalue weighted by molar-refractivity contribution is -0.125. The average Bonchev–Trinajstić information content (AvgIpc) is 3.16. The van der Waals surface area contributed by atoms with Crippen molar-refractivity contribution in [3.05, 3.63) is 54.4 Å². The molecule has 2 aromatic heterocycles. The number of nitrogen functional groups attached to an aromatic ring is 1. The molecule has 29 heavy (non-hydrogen) atoms. The summed E-state index contributed by atoms with van der Waals surface area (Å²) in [7, 11) is 0. The molecule has 0 saturated carbocycles. The van der Waals surface area contributed by atoms with Gasteiger partial charge in [-0.1, -0.05) is 42.8 Å². The molecule has 0 bridgehead atoms. The lowest BCUT2D eigenvalue weighted by Crippen LogP contribution is -2.36. The first-order valence-corrected chi connectivity index (χ1v) is 10.3. The smallest absolute Gasteiger partial charge is 0.227 e. The number of alkyl halides is 1. The second-order valence-electron chi connectivity index (χ2n) is 7.58. The predicted octanol–water partition coefficient (Wildman–Crippen LogP) is 3.93. The Morgan fingerprint density at radius 1 is 1.28 bits per heavy atom. The number of aromatic nitrogens is 3. The topological polar surface area (TPSA) is 99.8 Å². The predicted molar refractivity (Wildman–Crippen MR) is 117 cm³/mol. The summed E-state index contributed by atoms with van der Waals surface area (Å²) in [5.41, 5.74) is 14.8. The molecule has 4 rings (SSSR count). The second kappa shape index (κ2) is 7.87. The molecular weight excluding hydrogens is 386 g/mol. The summed E-state index contributed by atoms with van der Waals surface area (Å²) in [5, 5.41) is 1.04. The lowest BCUT2D eigenvalue weighted by Gasteiger charge is -2.29. The number of primary amides is 1. The van der Waals surface area contributed by atoms with E-state index in [0.717, 1.165) is 46.9 Å². The summed E-state index contributed by atoms with van der Waals surface area (Å²) in [6.45, 7) is 0.783. The number of imidazole rings is 1. The highest BCUT2D eigenvalue weighted by molar-refractivity contribution is 6.19. The monoisotopic (exact) mass is 409 g/mol. The zero-order chi connectivity index (χ0) is 20.4. The van der Waals surface area contributed by atoms with Gasteiger partial charge in [0.15, 0.2) is 5.82 Å². The van der Waals surface area contributed by atoms with Crippen LogP contribution in [0, 0.1) is 5.41 Å². The number of nitrogens with zero attached hydrogens (tertiary/aromatic N) is 3. The van der Waals surface area contributed by atoms with Crippen molar-refractivity contribution in [1.82, 2.24) is 14.5 Å². The Labute approximate surface area is 174 Å². The molecule has 1 amide bonds. The van der Waals surface area contributed by atoms with E-state index in [9.17, 15) is 4.79 Å². The van der Waals surface area contributed by atoms with Crippen LogP contribution in [0.15, 0.2) is 54.4 Å². The number of carbonyl (C=O) groups is 1. The fourth-order valence-corrected chi connectivity index (χ4v) is 4.20. The van der Waals surface area contributed by atoms with Gasteiger partial charge in [0, 0.05) is 17.8 Å². The van der Waals surface area contributed by atoms with Crippen molar-refractivity contribution in [3.63, 3.8) is 0 Å². The second-order valence-corrected chi connectivity index (χ2v) is 7.84. The molecular formula is C22H24ClN5O. The van der Waals surface area contributed by atoms with E-state index in [1.54, 1.807) is 0 Å². The maximum atomic E-state index is 12.1. The van der Waals surface area contributed by atoms with Gasteiger partial charge in [0.2, 0.25) is 5.91 Å². The van der Waals surface area contributed by atoms with E-state index < -0.39 is 5.41 Å². The van der Waals surface area contributed by atoms with Crippen molar-refractivity contribution in [3.8, 4) is 0 Å². The fraction of sp³-hybridized carbons (Fsp3) is 0.318. The largest absolute Gasteiger partial charge is 0.382 e. The molecule has 1 aliphatic carbocycles. The minimum atomic E-state index is -0.617. The molecule has 1 aliphatic rings. The maximum Gasteiger partial charge on any atom is 0.227 e. The van der Waals surface area contributed by atoms with Crippen LogP contribution in [0.25, 0.3) is 21.9 Å². The fourth-order valence-electron chi connectivity index (χ4n) is 4.00. The van der Waals surface area contributed by atoms with Crippen LogP contribution in [0.5, 0.6) is 0 Å². The Bertz CT molecular complexity index is 1130. The highest BCUT2D eigenvalue weighted by Crippen LogP contribution is 2.35. The van der Waals surface area contributed by atoms with Crippen LogP contribution in [0.3, 0.4) is 0 Å². The molecule has 6 nitrogen and oxygen atoms in total. The quantitative estimate of drug-likeness (QED) is 0.456. The number of hydrogen-bond donors (Lipinski definition) is 2. The molecule has 1 aromatic carbocycles.